The zero-order valence-electron chi connectivity index (χ0n) is 14.2. The van der Waals surface area contributed by atoms with Gasteiger partial charge in [-0.25, -0.2) is 4.99 Å². The molecule has 3 rings (SSSR count). The Labute approximate surface area is 160 Å². The van der Waals surface area contributed by atoms with E-state index in [0.29, 0.717) is 18.5 Å². The summed E-state index contributed by atoms with van der Waals surface area (Å²) >= 11 is 2.14. The first-order chi connectivity index (χ1) is 12.0. The van der Waals surface area contributed by atoms with E-state index in [1.54, 1.807) is 6.07 Å². The topological polar surface area (TPSA) is 58.5 Å². The van der Waals surface area contributed by atoms with Crippen molar-refractivity contribution in [1.29, 1.82) is 0 Å². The van der Waals surface area contributed by atoms with Crippen LogP contribution >= 0.6 is 22.6 Å². The molecular formula is C20H19IN2O2. The molecule has 0 saturated carbocycles. The van der Waals surface area contributed by atoms with E-state index in [0.717, 1.165) is 25.3 Å². The zero-order chi connectivity index (χ0) is 18.0. The number of hydrogen-bond donors (Lipinski definition) is 1. The average molecular weight is 446 g/mol. The minimum absolute atomic E-state index is 0.113. The van der Waals surface area contributed by atoms with Crippen LogP contribution < -0.4 is 15.9 Å². The summed E-state index contributed by atoms with van der Waals surface area (Å²) in [6.45, 7) is 4.42. The number of amides is 2. The van der Waals surface area contributed by atoms with Gasteiger partial charge in [0, 0.05) is 15.3 Å². The fourth-order valence-corrected chi connectivity index (χ4v) is 3.56. The van der Waals surface area contributed by atoms with Crippen molar-refractivity contribution < 1.29 is 9.59 Å². The van der Waals surface area contributed by atoms with Crippen LogP contribution in [0.5, 0.6) is 0 Å². The van der Waals surface area contributed by atoms with E-state index in [4.69, 9.17) is 0 Å². The third-order valence-corrected chi connectivity index (χ3v) is 5.34. The highest BCUT2D eigenvalue weighted by Crippen LogP contribution is 2.12. The first kappa shape index (κ1) is 17.8. The van der Waals surface area contributed by atoms with Gasteiger partial charge in [-0.1, -0.05) is 30.3 Å². The summed E-state index contributed by atoms with van der Waals surface area (Å²) in [7, 11) is 0. The number of nitrogens with one attached hydrogen (secondary N) is 1. The highest BCUT2D eigenvalue weighted by Gasteiger charge is 2.20. The normalized spacial score (nSPS) is 15.8. The lowest BCUT2D eigenvalue weighted by atomic mass is 9.97. The summed E-state index contributed by atoms with van der Waals surface area (Å²) in [5.74, 6) is -0.537. The fraction of sp³-hybridized carbons (Fsp3) is 0.250. The van der Waals surface area contributed by atoms with Gasteiger partial charge in [0.05, 0.1) is 16.8 Å². The molecular weight excluding hydrogens is 427 g/mol. The molecule has 0 bridgehead atoms. The molecule has 0 fully saturated rings. The Balaban J connectivity index is 1.71. The first-order valence-electron chi connectivity index (χ1n) is 8.20. The van der Waals surface area contributed by atoms with Crippen molar-refractivity contribution in [3.63, 3.8) is 0 Å². The third kappa shape index (κ3) is 3.81. The number of halogens is 1. The van der Waals surface area contributed by atoms with Crippen LogP contribution in [0.1, 0.15) is 27.9 Å². The molecule has 0 saturated heterocycles. The van der Waals surface area contributed by atoms with Gasteiger partial charge in [-0.2, -0.15) is 0 Å². The molecule has 128 valence electrons. The van der Waals surface area contributed by atoms with Crippen LogP contribution in [0.2, 0.25) is 0 Å². The van der Waals surface area contributed by atoms with Crippen LogP contribution in [0.15, 0.2) is 41.4 Å². The molecule has 1 heterocycles. The molecule has 1 atom stereocenters. The van der Waals surface area contributed by atoms with E-state index < -0.39 is 0 Å². The second-order valence-corrected chi connectivity index (χ2v) is 7.37. The Kier molecular flexibility index (Phi) is 5.32. The lowest BCUT2D eigenvalue weighted by molar-refractivity contribution is -0.120. The van der Waals surface area contributed by atoms with E-state index in [9.17, 15) is 9.59 Å². The fourth-order valence-electron chi connectivity index (χ4n) is 2.93. The average Bonchev–Trinajstić information content (AvgIpc) is 2.59. The number of fused-ring (bicyclic) bond motifs is 1. The quantitative estimate of drug-likeness (QED) is 0.733. The van der Waals surface area contributed by atoms with E-state index >= 15 is 0 Å². The van der Waals surface area contributed by atoms with Crippen molar-refractivity contribution >= 4 is 40.5 Å². The van der Waals surface area contributed by atoms with Crippen LogP contribution in [-0.2, 0) is 4.79 Å². The minimum Gasteiger partial charge on any atom is -0.352 e. The molecule has 2 amide bonds. The largest absolute Gasteiger partial charge is 0.352 e. The Bertz CT molecular complexity index is 966. The lowest BCUT2D eigenvalue weighted by Gasteiger charge is -2.14. The summed E-state index contributed by atoms with van der Waals surface area (Å²) in [4.78, 5) is 28.8. The Morgan fingerprint density at radius 1 is 1.16 bits per heavy atom. The summed E-state index contributed by atoms with van der Waals surface area (Å²) in [6.07, 6.45) is 2.54. The summed E-state index contributed by atoms with van der Waals surface area (Å²) in [6, 6.07) is 11.5. The van der Waals surface area contributed by atoms with Crippen molar-refractivity contribution in [1.82, 2.24) is 5.32 Å². The number of nitrogens with zero attached hydrogens (tertiary/aromatic N) is 1. The number of hydrogen-bond acceptors (Lipinski definition) is 2. The number of carbonyl (C=O) groups excluding carboxylic acids is 2. The summed E-state index contributed by atoms with van der Waals surface area (Å²) in [5.41, 5.74) is 2.78. The van der Waals surface area contributed by atoms with Crippen molar-refractivity contribution in [2.24, 2.45) is 10.9 Å². The van der Waals surface area contributed by atoms with Crippen LogP contribution in [0.25, 0.3) is 6.08 Å². The first-order valence-corrected chi connectivity index (χ1v) is 9.28. The van der Waals surface area contributed by atoms with Gasteiger partial charge in [0.2, 0.25) is 0 Å². The van der Waals surface area contributed by atoms with Gasteiger partial charge >= 0.3 is 0 Å². The van der Waals surface area contributed by atoms with Crippen molar-refractivity contribution in [3.8, 4) is 0 Å². The molecule has 1 N–H and O–H groups in total. The van der Waals surface area contributed by atoms with Crippen LogP contribution in [0, 0.1) is 23.3 Å². The van der Waals surface area contributed by atoms with E-state index in [2.05, 4.69) is 32.9 Å². The maximum absolute atomic E-state index is 12.3. The molecule has 0 spiro atoms. The number of benzene rings is 2. The van der Waals surface area contributed by atoms with E-state index in [1.807, 2.05) is 50.3 Å². The van der Waals surface area contributed by atoms with E-state index in [1.165, 1.54) is 0 Å². The molecule has 0 aliphatic carbocycles. The monoisotopic (exact) mass is 446 g/mol. The Morgan fingerprint density at radius 3 is 2.64 bits per heavy atom. The molecule has 1 aliphatic rings. The van der Waals surface area contributed by atoms with Gasteiger partial charge in [0.1, 0.15) is 0 Å². The van der Waals surface area contributed by atoms with Gasteiger partial charge in [-0.15, -0.1) is 0 Å². The van der Waals surface area contributed by atoms with Gasteiger partial charge in [0.25, 0.3) is 11.8 Å². The minimum atomic E-state index is -0.289. The maximum Gasteiger partial charge on any atom is 0.253 e. The third-order valence-electron chi connectivity index (χ3n) is 4.40. The highest BCUT2D eigenvalue weighted by atomic mass is 127. The molecule has 1 unspecified atom stereocenters. The van der Waals surface area contributed by atoms with Crippen LogP contribution in [0.4, 0.5) is 0 Å². The summed E-state index contributed by atoms with van der Waals surface area (Å²) in [5, 5.41) is 4.72. The molecule has 5 heteroatoms. The Hall–Kier alpha value is -2.02. The number of rotatable bonds is 4. The standard InChI is InChI=1S/C20H19IN2O2/c1-12-7-8-13(2)18-16(12)11-14(19(24)23-18)9-10-22-20(25)15-5-3-4-6-17(15)21/h3-8,11,14H,9-10H2,1-2H3,(H,22,25). The highest BCUT2D eigenvalue weighted by molar-refractivity contribution is 14.1. The Morgan fingerprint density at radius 2 is 1.88 bits per heavy atom. The van der Waals surface area contributed by atoms with Gasteiger partial charge in [0.15, 0.2) is 0 Å². The predicted molar refractivity (Wildman–Crippen MR) is 106 cm³/mol. The van der Waals surface area contributed by atoms with Crippen LogP contribution in [0.3, 0.4) is 0 Å². The van der Waals surface area contributed by atoms with Gasteiger partial charge < -0.3 is 5.32 Å². The smallest absolute Gasteiger partial charge is 0.253 e. The molecule has 0 radical (unpaired) electrons. The maximum atomic E-state index is 12.3. The second-order valence-electron chi connectivity index (χ2n) is 6.21. The molecule has 2 aromatic rings. The molecule has 25 heavy (non-hydrogen) atoms. The van der Waals surface area contributed by atoms with Crippen molar-refractivity contribution in [2.75, 3.05) is 6.54 Å². The molecule has 1 aliphatic heterocycles. The number of carbonyl (C=O) groups is 2. The predicted octanol–water partition coefficient (Wildman–Crippen LogP) is 2.28. The summed E-state index contributed by atoms with van der Waals surface area (Å²) < 4.78 is 0.910. The van der Waals surface area contributed by atoms with Crippen LogP contribution in [-0.4, -0.2) is 18.4 Å². The SMILES string of the molecule is Cc1ccc(C)c2c1=CC(CCNC(=O)c1ccccc1I)C(=O)N=2. The van der Waals surface area contributed by atoms with Gasteiger partial charge in [-0.3, -0.25) is 9.59 Å². The molecule has 4 nitrogen and oxygen atoms in total. The lowest BCUT2D eigenvalue weighted by Crippen LogP contribution is -2.38. The van der Waals surface area contributed by atoms with Gasteiger partial charge in [-0.05, 0) is 66.1 Å². The van der Waals surface area contributed by atoms with Crippen molar-refractivity contribution in [2.45, 2.75) is 20.3 Å². The number of aryl methyl sites for hydroxylation is 2. The molecule has 0 aromatic heterocycles. The molecule has 2 aromatic carbocycles. The van der Waals surface area contributed by atoms with Crippen molar-refractivity contribution in [3.05, 3.63) is 67.2 Å². The zero-order valence-corrected chi connectivity index (χ0v) is 16.3. The van der Waals surface area contributed by atoms with E-state index in [-0.39, 0.29) is 17.7 Å². The second kappa shape index (κ2) is 7.47.